The molecule has 3 rings (SSSR count). The van der Waals surface area contributed by atoms with Gasteiger partial charge in [-0.2, -0.15) is 0 Å². The number of hydrogen-bond acceptors (Lipinski definition) is 2. The van der Waals surface area contributed by atoms with E-state index in [9.17, 15) is 0 Å². The highest BCUT2D eigenvalue weighted by molar-refractivity contribution is 5.96. The first kappa shape index (κ1) is 11.6. The van der Waals surface area contributed by atoms with Crippen molar-refractivity contribution in [2.24, 2.45) is 0 Å². The lowest BCUT2D eigenvalue weighted by atomic mass is 10.1. The van der Waals surface area contributed by atoms with Crippen LogP contribution in [-0.2, 0) is 0 Å². The van der Waals surface area contributed by atoms with E-state index in [1.165, 1.54) is 10.8 Å². The summed E-state index contributed by atoms with van der Waals surface area (Å²) >= 11 is 0. The highest BCUT2D eigenvalue weighted by Crippen LogP contribution is 2.29. The van der Waals surface area contributed by atoms with Gasteiger partial charge in [0, 0.05) is 18.1 Å². The molecule has 0 aliphatic heterocycles. The van der Waals surface area contributed by atoms with Gasteiger partial charge in [0.05, 0.1) is 11.4 Å². The summed E-state index contributed by atoms with van der Waals surface area (Å²) in [5.41, 5.74) is 3.30. The third-order valence-corrected chi connectivity index (χ3v) is 3.26. The van der Waals surface area contributed by atoms with Crippen molar-refractivity contribution in [1.29, 1.82) is 0 Å². The number of nitrogens with one attached hydrogen (secondary N) is 2. The van der Waals surface area contributed by atoms with Gasteiger partial charge in [-0.15, -0.1) is 0 Å². The normalized spacial score (nSPS) is 10.4. The van der Waals surface area contributed by atoms with Gasteiger partial charge in [-0.3, -0.25) is 0 Å². The molecular formula is C17H16N2. The summed E-state index contributed by atoms with van der Waals surface area (Å²) in [6.07, 6.45) is 0. The first-order chi connectivity index (χ1) is 9.38. The smallest absolute Gasteiger partial charge is 0.0620 e. The SMILES string of the molecule is CNc1ccccc1Nc1cccc2ccccc12. The molecule has 2 heteroatoms. The van der Waals surface area contributed by atoms with E-state index in [1.54, 1.807) is 0 Å². The van der Waals surface area contributed by atoms with Gasteiger partial charge < -0.3 is 10.6 Å². The molecule has 0 aliphatic carbocycles. The van der Waals surface area contributed by atoms with Crippen LogP contribution in [0.5, 0.6) is 0 Å². The highest BCUT2D eigenvalue weighted by atomic mass is 14.9. The lowest BCUT2D eigenvalue weighted by Gasteiger charge is -2.13. The number of rotatable bonds is 3. The van der Waals surface area contributed by atoms with Crippen molar-refractivity contribution in [3.8, 4) is 0 Å². The third kappa shape index (κ3) is 2.25. The van der Waals surface area contributed by atoms with Crippen LogP contribution < -0.4 is 10.6 Å². The summed E-state index contributed by atoms with van der Waals surface area (Å²) in [4.78, 5) is 0. The quantitative estimate of drug-likeness (QED) is 0.706. The predicted octanol–water partition coefficient (Wildman–Crippen LogP) is 4.63. The zero-order valence-electron chi connectivity index (χ0n) is 10.9. The van der Waals surface area contributed by atoms with E-state index in [0.717, 1.165) is 17.1 Å². The Bertz CT molecular complexity index is 699. The molecule has 3 aromatic carbocycles. The molecule has 0 bridgehead atoms. The first-order valence-corrected chi connectivity index (χ1v) is 6.40. The minimum Gasteiger partial charge on any atom is -0.386 e. The zero-order valence-corrected chi connectivity index (χ0v) is 10.9. The molecule has 0 saturated heterocycles. The standard InChI is InChI=1S/C17H16N2/c1-18-16-10-4-5-11-17(16)19-15-12-6-8-13-7-2-3-9-14(13)15/h2-12,18-19H,1H3. The third-order valence-electron chi connectivity index (χ3n) is 3.26. The molecule has 3 aromatic rings. The number of hydrogen-bond donors (Lipinski definition) is 2. The van der Waals surface area contributed by atoms with Crippen LogP contribution in [0.1, 0.15) is 0 Å². The maximum Gasteiger partial charge on any atom is 0.0620 e. The summed E-state index contributed by atoms with van der Waals surface area (Å²) in [7, 11) is 1.93. The molecule has 2 N–H and O–H groups in total. The van der Waals surface area contributed by atoms with Gasteiger partial charge in [-0.25, -0.2) is 0 Å². The number of benzene rings is 3. The van der Waals surface area contributed by atoms with Crippen LogP contribution in [0.3, 0.4) is 0 Å². The maximum absolute atomic E-state index is 3.50. The average molecular weight is 248 g/mol. The molecular weight excluding hydrogens is 232 g/mol. The van der Waals surface area contributed by atoms with Crippen molar-refractivity contribution >= 4 is 27.8 Å². The van der Waals surface area contributed by atoms with Crippen LogP contribution in [0, 0.1) is 0 Å². The van der Waals surface area contributed by atoms with Crippen LogP contribution in [0.2, 0.25) is 0 Å². The number of fused-ring (bicyclic) bond motifs is 1. The number of anilines is 3. The molecule has 0 spiro atoms. The fraction of sp³-hybridized carbons (Fsp3) is 0.0588. The first-order valence-electron chi connectivity index (χ1n) is 6.40. The van der Waals surface area contributed by atoms with Gasteiger partial charge in [0.1, 0.15) is 0 Å². The Hall–Kier alpha value is -2.48. The highest BCUT2D eigenvalue weighted by Gasteiger charge is 2.03. The van der Waals surface area contributed by atoms with E-state index >= 15 is 0 Å². The summed E-state index contributed by atoms with van der Waals surface area (Å²) in [5.74, 6) is 0. The molecule has 0 fully saturated rings. The molecule has 94 valence electrons. The van der Waals surface area contributed by atoms with Gasteiger partial charge in [0.2, 0.25) is 0 Å². The Kier molecular flexibility index (Phi) is 3.07. The van der Waals surface area contributed by atoms with Gasteiger partial charge in [0.15, 0.2) is 0 Å². The van der Waals surface area contributed by atoms with Gasteiger partial charge in [0.25, 0.3) is 0 Å². The Balaban J connectivity index is 2.06. The Morgan fingerprint density at radius 3 is 2.11 bits per heavy atom. The second-order valence-electron chi connectivity index (χ2n) is 4.45. The Morgan fingerprint density at radius 2 is 1.26 bits per heavy atom. The summed E-state index contributed by atoms with van der Waals surface area (Å²) < 4.78 is 0. The molecule has 0 aromatic heterocycles. The Morgan fingerprint density at radius 1 is 0.632 bits per heavy atom. The zero-order chi connectivity index (χ0) is 13.1. The molecule has 19 heavy (non-hydrogen) atoms. The second-order valence-corrected chi connectivity index (χ2v) is 4.45. The molecule has 0 saturated carbocycles. The predicted molar refractivity (Wildman–Crippen MR) is 83.2 cm³/mol. The van der Waals surface area contributed by atoms with Crippen LogP contribution in [0.4, 0.5) is 17.1 Å². The van der Waals surface area contributed by atoms with Crippen molar-refractivity contribution in [2.45, 2.75) is 0 Å². The van der Waals surface area contributed by atoms with Crippen LogP contribution >= 0.6 is 0 Å². The molecule has 2 nitrogen and oxygen atoms in total. The summed E-state index contributed by atoms with van der Waals surface area (Å²) in [6.45, 7) is 0. The van der Waals surface area contributed by atoms with Crippen molar-refractivity contribution in [1.82, 2.24) is 0 Å². The lowest BCUT2D eigenvalue weighted by Crippen LogP contribution is -1.97. The molecule has 0 atom stereocenters. The van der Waals surface area contributed by atoms with Crippen molar-refractivity contribution in [3.63, 3.8) is 0 Å². The average Bonchev–Trinajstić information content (AvgIpc) is 2.48. The molecule has 0 heterocycles. The fourth-order valence-electron chi connectivity index (χ4n) is 2.29. The number of para-hydroxylation sites is 2. The van der Waals surface area contributed by atoms with Crippen LogP contribution in [-0.4, -0.2) is 7.05 Å². The molecule has 0 unspecified atom stereocenters. The van der Waals surface area contributed by atoms with Gasteiger partial charge in [-0.1, -0.05) is 48.5 Å². The van der Waals surface area contributed by atoms with Crippen molar-refractivity contribution in [2.75, 3.05) is 17.7 Å². The lowest BCUT2D eigenvalue weighted by molar-refractivity contribution is 1.48. The monoisotopic (exact) mass is 248 g/mol. The van der Waals surface area contributed by atoms with Gasteiger partial charge >= 0.3 is 0 Å². The molecule has 0 radical (unpaired) electrons. The largest absolute Gasteiger partial charge is 0.386 e. The summed E-state index contributed by atoms with van der Waals surface area (Å²) in [6, 6.07) is 22.9. The van der Waals surface area contributed by atoms with Crippen molar-refractivity contribution in [3.05, 3.63) is 66.7 Å². The van der Waals surface area contributed by atoms with E-state index in [-0.39, 0.29) is 0 Å². The van der Waals surface area contributed by atoms with E-state index in [0.29, 0.717) is 0 Å². The van der Waals surface area contributed by atoms with Gasteiger partial charge in [-0.05, 0) is 23.6 Å². The molecule has 0 aliphatic rings. The van der Waals surface area contributed by atoms with E-state index in [1.807, 2.05) is 19.2 Å². The Labute approximate surface area is 113 Å². The van der Waals surface area contributed by atoms with Crippen molar-refractivity contribution < 1.29 is 0 Å². The second kappa shape index (κ2) is 5.02. The minimum absolute atomic E-state index is 1.08. The van der Waals surface area contributed by atoms with E-state index < -0.39 is 0 Å². The molecule has 0 amide bonds. The van der Waals surface area contributed by atoms with Crippen LogP contribution in [0.15, 0.2) is 66.7 Å². The summed E-state index contributed by atoms with van der Waals surface area (Å²) in [5, 5.41) is 9.18. The van der Waals surface area contributed by atoms with E-state index in [4.69, 9.17) is 0 Å². The van der Waals surface area contributed by atoms with E-state index in [2.05, 4.69) is 65.2 Å². The minimum atomic E-state index is 1.08. The topological polar surface area (TPSA) is 24.1 Å². The van der Waals surface area contributed by atoms with Crippen LogP contribution in [0.25, 0.3) is 10.8 Å². The maximum atomic E-state index is 3.50. The fourth-order valence-corrected chi connectivity index (χ4v) is 2.29.